The summed E-state index contributed by atoms with van der Waals surface area (Å²) in [5.41, 5.74) is 0. The first kappa shape index (κ1) is 15.1. The zero-order chi connectivity index (χ0) is 14.5. The molecule has 2 fully saturated rings. The van der Waals surface area contributed by atoms with Gasteiger partial charge in [-0.05, 0) is 25.2 Å². The van der Waals surface area contributed by atoms with Gasteiger partial charge < -0.3 is 20.1 Å². The zero-order valence-corrected chi connectivity index (χ0v) is 12.0. The van der Waals surface area contributed by atoms with E-state index in [0.29, 0.717) is 19.1 Å². The van der Waals surface area contributed by atoms with Crippen LogP contribution in [0.1, 0.15) is 39.0 Å². The first-order valence-corrected chi connectivity index (χ1v) is 7.45. The molecule has 0 spiro atoms. The highest BCUT2D eigenvalue weighted by Gasteiger charge is 2.33. The van der Waals surface area contributed by atoms with Crippen LogP contribution in [0.25, 0.3) is 0 Å². The molecule has 6 heteroatoms. The maximum atomic E-state index is 12.3. The Morgan fingerprint density at radius 3 is 2.80 bits per heavy atom. The van der Waals surface area contributed by atoms with Crippen LogP contribution in [-0.4, -0.2) is 53.8 Å². The quantitative estimate of drug-likeness (QED) is 0.752. The van der Waals surface area contributed by atoms with Crippen LogP contribution in [0.2, 0.25) is 0 Å². The van der Waals surface area contributed by atoms with E-state index in [-0.39, 0.29) is 18.7 Å². The minimum Gasteiger partial charge on any atom is -0.480 e. The van der Waals surface area contributed by atoms with Crippen LogP contribution >= 0.6 is 0 Å². The molecule has 1 heterocycles. The van der Waals surface area contributed by atoms with E-state index in [1.807, 2.05) is 0 Å². The Kier molecular flexibility index (Phi) is 5.23. The van der Waals surface area contributed by atoms with Crippen LogP contribution in [-0.2, 0) is 9.53 Å². The minimum atomic E-state index is -1.01. The van der Waals surface area contributed by atoms with E-state index in [1.165, 1.54) is 11.3 Å². The van der Waals surface area contributed by atoms with Crippen LogP contribution in [0.3, 0.4) is 0 Å². The van der Waals surface area contributed by atoms with Crippen LogP contribution in [0.15, 0.2) is 0 Å². The average molecular weight is 284 g/mol. The molecule has 114 valence electrons. The lowest BCUT2D eigenvalue weighted by Gasteiger charge is -2.34. The summed E-state index contributed by atoms with van der Waals surface area (Å²) in [5.74, 6) is -0.290. The molecule has 0 aromatic heterocycles. The average Bonchev–Trinajstić information content (AvgIpc) is 2.63. The molecule has 6 nitrogen and oxygen atoms in total. The number of hydrogen-bond donors (Lipinski definition) is 2. The lowest BCUT2D eigenvalue weighted by Crippen LogP contribution is -2.57. The maximum Gasteiger partial charge on any atom is 0.328 e. The highest BCUT2D eigenvalue weighted by atomic mass is 16.5. The van der Waals surface area contributed by atoms with Crippen molar-refractivity contribution >= 4 is 12.0 Å². The number of carboxylic acids is 1. The Morgan fingerprint density at radius 1 is 1.25 bits per heavy atom. The Hall–Kier alpha value is -1.30. The van der Waals surface area contributed by atoms with Gasteiger partial charge in [-0.2, -0.15) is 0 Å². The number of aliphatic carboxylic acids is 1. The topological polar surface area (TPSA) is 78.9 Å². The number of amides is 2. The molecule has 1 aliphatic heterocycles. The Bertz CT molecular complexity index is 361. The molecule has 2 aliphatic rings. The molecule has 1 aliphatic carbocycles. The van der Waals surface area contributed by atoms with Crippen molar-refractivity contribution in [3.8, 4) is 0 Å². The fraction of sp³-hybridized carbons (Fsp3) is 0.857. The van der Waals surface area contributed by atoms with Gasteiger partial charge in [0.05, 0.1) is 13.2 Å². The molecule has 2 amide bonds. The number of nitrogens with one attached hydrogen (secondary N) is 1. The van der Waals surface area contributed by atoms with E-state index in [9.17, 15) is 9.59 Å². The van der Waals surface area contributed by atoms with Crippen molar-refractivity contribution in [1.82, 2.24) is 10.2 Å². The lowest BCUT2D eigenvalue weighted by atomic mass is 10.0. The standard InChI is InChI=1S/C14H24N2O4/c1-10-3-2-4-11(6-5-10)15-14(19)16-7-8-20-9-12(16)13(17)18/h10-12H,2-9H2,1H3,(H,15,19)(H,17,18). The highest BCUT2D eigenvalue weighted by molar-refractivity contribution is 5.83. The van der Waals surface area contributed by atoms with E-state index >= 15 is 0 Å². The van der Waals surface area contributed by atoms with Crippen LogP contribution in [0, 0.1) is 5.92 Å². The van der Waals surface area contributed by atoms with Gasteiger partial charge in [-0.3, -0.25) is 0 Å². The van der Waals surface area contributed by atoms with Gasteiger partial charge in [0, 0.05) is 12.6 Å². The van der Waals surface area contributed by atoms with Crippen molar-refractivity contribution in [2.75, 3.05) is 19.8 Å². The SMILES string of the molecule is CC1CCCC(NC(=O)N2CCOCC2C(=O)O)CC1. The second-order valence-electron chi connectivity index (χ2n) is 5.88. The van der Waals surface area contributed by atoms with Gasteiger partial charge in [0.2, 0.25) is 0 Å². The number of ether oxygens (including phenoxy) is 1. The molecule has 0 aromatic carbocycles. The zero-order valence-electron chi connectivity index (χ0n) is 12.0. The van der Waals surface area contributed by atoms with E-state index < -0.39 is 12.0 Å². The Morgan fingerprint density at radius 2 is 2.05 bits per heavy atom. The summed E-state index contributed by atoms with van der Waals surface area (Å²) in [7, 11) is 0. The van der Waals surface area contributed by atoms with Gasteiger partial charge in [-0.1, -0.05) is 19.8 Å². The summed E-state index contributed by atoms with van der Waals surface area (Å²) < 4.78 is 5.15. The molecular formula is C14H24N2O4. The van der Waals surface area contributed by atoms with Crippen LogP contribution in [0.4, 0.5) is 4.79 Å². The van der Waals surface area contributed by atoms with E-state index in [0.717, 1.165) is 25.7 Å². The van der Waals surface area contributed by atoms with Gasteiger partial charge in [-0.25, -0.2) is 9.59 Å². The molecule has 3 unspecified atom stereocenters. The summed E-state index contributed by atoms with van der Waals surface area (Å²) in [6.07, 6.45) is 5.42. The second-order valence-corrected chi connectivity index (χ2v) is 5.88. The largest absolute Gasteiger partial charge is 0.480 e. The minimum absolute atomic E-state index is 0.0739. The smallest absolute Gasteiger partial charge is 0.328 e. The molecule has 1 saturated heterocycles. The molecule has 2 rings (SSSR count). The second kappa shape index (κ2) is 6.92. The molecule has 20 heavy (non-hydrogen) atoms. The van der Waals surface area contributed by atoms with Crippen molar-refractivity contribution in [2.24, 2.45) is 5.92 Å². The number of urea groups is 1. The highest BCUT2D eigenvalue weighted by Crippen LogP contribution is 2.23. The summed E-state index contributed by atoms with van der Waals surface area (Å²) in [5, 5.41) is 12.1. The summed E-state index contributed by atoms with van der Waals surface area (Å²) >= 11 is 0. The number of hydrogen-bond acceptors (Lipinski definition) is 3. The lowest BCUT2D eigenvalue weighted by molar-refractivity contribution is -0.147. The number of carbonyl (C=O) groups excluding carboxylic acids is 1. The van der Waals surface area contributed by atoms with Crippen molar-refractivity contribution in [2.45, 2.75) is 51.1 Å². The molecule has 3 atom stereocenters. The number of rotatable bonds is 2. The molecule has 0 aromatic rings. The van der Waals surface area contributed by atoms with Crippen molar-refractivity contribution in [3.05, 3.63) is 0 Å². The number of nitrogens with zero attached hydrogens (tertiary/aromatic N) is 1. The van der Waals surface area contributed by atoms with Gasteiger partial charge in [-0.15, -0.1) is 0 Å². The van der Waals surface area contributed by atoms with E-state index in [1.54, 1.807) is 0 Å². The predicted molar refractivity (Wildman–Crippen MR) is 73.5 cm³/mol. The maximum absolute atomic E-state index is 12.3. The van der Waals surface area contributed by atoms with E-state index in [2.05, 4.69) is 12.2 Å². The van der Waals surface area contributed by atoms with Crippen molar-refractivity contribution < 1.29 is 19.4 Å². The van der Waals surface area contributed by atoms with Crippen molar-refractivity contribution in [1.29, 1.82) is 0 Å². The van der Waals surface area contributed by atoms with Crippen LogP contribution in [0.5, 0.6) is 0 Å². The molecule has 0 radical (unpaired) electrons. The third kappa shape index (κ3) is 3.85. The first-order valence-electron chi connectivity index (χ1n) is 7.45. The fourth-order valence-corrected chi connectivity index (χ4v) is 2.94. The first-order chi connectivity index (χ1) is 9.58. The van der Waals surface area contributed by atoms with Crippen LogP contribution < -0.4 is 5.32 Å². The van der Waals surface area contributed by atoms with Crippen molar-refractivity contribution in [3.63, 3.8) is 0 Å². The molecular weight excluding hydrogens is 260 g/mol. The third-order valence-electron chi connectivity index (χ3n) is 4.26. The van der Waals surface area contributed by atoms with Gasteiger partial charge in [0.25, 0.3) is 0 Å². The van der Waals surface area contributed by atoms with Gasteiger partial charge in [0.15, 0.2) is 6.04 Å². The molecule has 1 saturated carbocycles. The summed E-state index contributed by atoms with van der Waals surface area (Å²) in [6.45, 7) is 3.06. The Labute approximate surface area is 119 Å². The van der Waals surface area contributed by atoms with Gasteiger partial charge >= 0.3 is 12.0 Å². The normalized spacial score (nSPS) is 31.4. The van der Waals surface area contributed by atoms with Gasteiger partial charge in [0.1, 0.15) is 0 Å². The monoisotopic (exact) mass is 284 g/mol. The third-order valence-corrected chi connectivity index (χ3v) is 4.26. The Balaban J connectivity index is 1.90. The number of carbonyl (C=O) groups is 2. The summed E-state index contributed by atoms with van der Waals surface area (Å²) in [4.78, 5) is 24.8. The van der Waals surface area contributed by atoms with E-state index in [4.69, 9.17) is 9.84 Å². The molecule has 2 N–H and O–H groups in total. The predicted octanol–water partition coefficient (Wildman–Crippen LogP) is 1.45. The molecule has 0 bridgehead atoms. The fourth-order valence-electron chi connectivity index (χ4n) is 2.94. The number of carboxylic acid groups (broad SMARTS) is 1. The number of morpholine rings is 1. The summed E-state index contributed by atoms with van der Waals surface area (Å²) in [6, 6.07) is -0.960.